The Morgan fingerprint density at radius 1 is 1.18 bits per heavy atom. The minimum Gasteiger partial charge on any atom is -0.326 e. The Morgan fingerprint density at radius 3 is 1.64 bits per heavy atom. The normalized spacial score (nSPS) is 32.3. The van der Waals surface area contributed by atoms with Crippen molar-refractivity contribution >= 4 is 8.25 Å². The molecule has 0 spiro atoms. The Balaban J connectivity index is 0.000000134. The van der Waals surface area contributed by atoms with E-state index in [9.17, 15) is 0 Å². The summed E-state index contributed by atoms with van der Waals surface area (Å²) >= 11 is 0. The first-order valence-electron chi connectivity index (χ1n) is 3.78. The maximum absolute atomic E-state index is 8.74. The molecule has 0 amide bonds. The van der Waals surface area contributed by atoms with E-state index in [1.54, 1.807) is 0 Å². The van der Waals surface area contributed by atoms with Crippen molar-refractivity contribution in [3.8, 4) is 0 Å². The van der Waals surface area contributed by atoms with Crippen LogP contribution >= 0.6 is 8.25 Å². The molecule has 64 valence electrons. The molecule has 0 saturated heterocycles. The van der Waals surface area contributed by atoms with Gasteiger partial charge in [0.1, 0.15) is 0 Å². The van der Waals surface area contributed by atoms with Crippen LogP contribution in [-0.2, 0) is 4.57 Å². The minimum absolute atomic E-state index is 0.991. The van der Waals surface area contributed by atoms with Gasteiger partial charge in [0, 0.05) is 0 Å². The van der Waals surface area contributed by atoms with E-state index in [-0.39, 0.29) is 0 Å². The lowest BCUT2D eigenvalue weighted by Gasteiger charge is -1.96. The van der Waals surface area contributed by atoms with Crippen molar-refractivity contribution in [2.45, 2.75) is 19.3 Å². The number of allylic oxidation sites excluding steroid dienone is 2. The molecule has 2 N–H and O–H groups in total. The Hall–Kier alpha value is -0.110. The van der Waals surface area contributed by atoms with Crippen molar-refractivity contribution in [1.29, 1.82) is 0 Å². The van der Waals surface area contributed by atoms with E-state index < -0.39 is 8.25 Å². The molecule has 2 atom stereocenters. The molecule has 11 heavy (non-hydrogen) atoms. The van der Waals surface area contributed by atoms with Gasteiger partial charge in [0.2, 0.25) is 0 Å². The first kappa shape index (κ1) is 8.98. The van der Waals surface area contributed by atoms with Gasteiger partial charge in [-0.1, -0.05) is 12.2 Å². The van der Waals surface area contributed by atoms with Crippen molar-refractivity contribution in [3.05, 3.63) is 12.2 Å². The highest BCUT2D eigenvalue weighted by atomic mass is 31.1. The molecule has 2 aliphatic carbocycles. The molecule has 4 heteroatoms. The van der Waals surface area contributed by atoms with E-state index in [2.05, 4.69) is 12.2 Å². The molecule has 2 unspecified atom stereocenters. The van der Waals surface area contributed by atoms with Crippen LogP contribution in [0.15, 0.2) is 12.2 Å². The van der Waals surface area contributed by atoms with Crippen LogP contribution in [0, 0.1) is 11.8 Å². The molecule has 1 saturated carbocycles. The van der Waals surface area contributed by atoms with Crippen LogP contribution in [0.5, 0.6) is 0 Å². The van der Waals surface area contributed by atoms with Crippen molar-refractivity contribution in [2.24, 2.45) is 11.8 Å². The second-order valence-electron chi connectivity index (χ2n) is 3.00. The van der Waals surface area contributed by atoms with Crippen molar-refractivity contribution in [1.82, 2.24) is 0 Å². The molecular formula is C7H13O3P. The van der Waals surface area contributed by atoms with E-state index in [1.807, 2.05) is 0 Å². The van der Waals surface area contributed by atoms with Crippen molar-refractivity contribution < 1.29 is 14.4 Å². The summed E-state index contributed by atoms with van der Waals surface area (Å²) in [5, 5.41) is 0. The number of hydrogen-bond donors (Lipinski definition) is 2. The van der Waals surface area contributed by atoms with E-state index in [0.29, 0.717) is 0 Å². The number of fused-ring (bicyclic) bond motifs is 2. The van der Waals surface area contributed by atoms with Gasteiger partial charge >= 0.3 is 8.25 Å². The summed E-state index contributed by atoms with van der Waals surface area (Å²) in [5.41, 5.74) is 0. The summed E-state index contributed by atoms with van der Waals surface area (Å²) in [4.78, 5) is 14.3. The van der Waals surface area contributed by atoms with Gasteiger partial charge in [-0.15, -0.1) is 0 Å². The zero-order chi connectivity index (χ0) is 8.27. The third-order valence-corrected chi connectivity index (χ3v) is 2.17. The Morgan fingerprint density at radius 2 is 1.55 bits per heavy atom. The SMILES string of the molecule is C1=CC2CCC1C2.O=[PH](O)O. The molecular weight excluding hydrogens is 163 g/mol. The van der Waals surface area contributed by atoms with Crippen LogP contribution < -0.4 is 0 Å². The zero-order valence-corrected chi connectivity index (χ0v) is 7.23. The highest BCUT2D eigenvalue weighted by molar-refractivity contribution is 7.30. The van der Waals surface area contributed by atoms with E-state index in [0.717, 1.165) is 11.8 Å². The van der Waals surface area contributed by atoms with Gasteiger partial charge < -0.3 is 9.79 Å². The summed E-state index contributed by atoms with van der Waals surface area (Å²) in [6.07, 6.45) is 9.19. The predicted octanol–water partition coefficient (Wildman–Crippen LogP) is 1.33. The summed E-state index contributed by atoms with van der Waals surface area (Å²) < 4.78 is 8.74. The Kier molecular flexibility index (Phi) is 3.31. The monoisotopic (exact) mass is 176 g/mol. The van der Waals surface area contributed by atoms with Gasteiger partial charge in [0.05, 0.1) is 0 Å². The fourth-order valence-corrected chi connectivity index (χ4v) is 1.72. The first-order valence-corrected chi connectivity index (χ1v) is 5.09. The molecule has 2 aliphatic rings. The van der Waals surface area contributed by atoms with Crippen LogP contribution in [0.1, 0.15) is 19.3 Å². The number of rotatable bonds is 0. The molecule has 0 radical (unpaired) electrons. The summed E-state index contributed by atoms with van der Waals surface area (Å²) in [5.74, 6) is 1.98. The lowest BCUT2D eigenvalue weighted by atomic mass is 10.1. The molecule has 2 rings (SSSR count). The lowest BCUT2D eigenvalue weighted by Crippen LogP contribution is -1.82. The molecule has 1 fully saturated rings. The molecule has 0 aromatic heterocycles. The van der Waals surface area contributed by atoms with Gasteiger partial charge in [-0.25, -0.2) is 0 Å². The third-order valence-electron chi connectivity index (χ3n) is 2.17. The van der Waals surface area contributed by atoms with Gasteiger partial charge in [0.25, 0.3) is 0 Å². The van der Waals surface area contributed by atoms with Crippen LogP contribution in [0.4, 0.5) is 0 Å². The average molecular weight is 176 g/mol. The fraction of sp³-hybridized carbons (Fsp3) is 0.714. The van der Waals surface area contributed by atoms with Gasteiger partial charge in [-0.05, 0) is 31.1 Å². The van der Waals surface area contributed by atoms with E-state index in [1.165, 1.54) is 19.3 Å². The fourth-order valence-electron chi connectivity index (χ4n) is 1.72. The smallest absolute Gasteiger partial charge is 0.314 e. The quantitative estimate of drug-likeness (QED) is 0.432. The highest BCUT2D eigenvalue weighted by Gasteiger charge is 2.25. The van der Waals surface area contributed by atoms with Crippen LogP contribution in [0.25, 0.3) is 0 Å². The molecule has 0 heterocycles. The first-order chi connectivity index (χ1) is 5.18. The topological polar surface area (TPSA) is 57.5 Å². The van der Waals surface area contributed by atoms with Gasteiger partial charge in [0.15, 0.2) is 0 Å². The average Bonchev–Trinajstić information content (AvgIpc) is 2.45. The number of hydrogen-bond acceptors (Lipinski definition) is 1. The van der Waals surface area contributed by atoms with E-state index in [4.69, 9.17) is 14.4 Å². The van der Waals surface area contributed by atoms with Crippen LogP contribution in [0.3, 0.4) is 0 Å². The van der Waals surface area contributed by atoms with Gasteiger partial charge in [-0.2, -0.15) is 0 Å². The maximum atomic E-state index is 8.74. The van der Waals surface area contributed by atoms with Gasteiger partial charge in [-0.3, -0.25) is 4.57 Å². The maximum Gasteiger partial charge on any atom is 0.314 e. The highest BCUT2D eigenvalue weighted by Crippen LogP contribution is 2.38. The van der Waals surface area contributed by atoms with Crippen LogP contribution in [-0.4, -0.2) is 9.79 Å². The van der Waals surface area contributed by atoms with E-state index >= 15 is 0 Å². The van der Waals surface area contributed by atoms with Crippen molar-refractivity contribution in [3.63, 3.8) is 0 Å². The second-order valence-corrected chi connectivity index (χ2v) is 3.57. The largest absolute Gasteiger partial charge is 0.326 e. The third kappa shape index (κ3) is 3.19. The van der Waals surface area contributed by atoms with Crippen LogP contribution in [0.2, 0.25) is 0 Å². The van der Waals surface area contributed by atoms with Crippen molar-refractivity contribution in [2.75, 3.05) is 0 Å². The molecule has 0 aliphatic heterocycles. The molecule has 2 bridgehead atoms. The molecule has 0 aromatic rings. The Bertz CT molecular complexity index is 163. The molecule has 3 nitrogen and oxygen atoms in total. The Labute approximate surface area is 66.7 Å². The summed E-state index contributed by atoms with van der Waals surface area (Å²) in [7, 11) is -3.13. The summed E-state index contributed by atoms with van der Waals surface area (Å²) in [6.45, 7) is 0. The standard InChI is InChI=1S/C7H10.H3O3P/c1-2-7-4-3-6(1)5-7;1-4(2)3/h1-2,6-7H,3-5H2;4H,(H2,1,2,3). The lowest BCUT2D eigenvalue weighted by molar-refractivity contribution is 0.405. The second kappa shape index (κ2) is 4.05. The summed E-state index contributed by atoms with van der Waals surface area (Å²) in [6, 6.07) is 0. The minimum atomic E-state index is -3.13. The predicted molar refractivity (Wildman–Crippen MR) is 43.4 cm³/mol. The molecule has 0 aromatic carbocycles. The zero-order valence-electron chi connectivity index (χ0n) is 6.23.